The zero-order valence-corrected chi connectivity index (χ0v) is 13.1. The first-order valence-electron chi connectivity index (χ1n) is 7.84. The van der Waals surface area contributed by atoms with E-state index in [-0.39, 0.29) is 18.2 Å². The number of hydrogen-bond acceptors (Lipinski definition) is 3. The van der Waals surface area contributed by atoms with E-state index >= 15 is 0 Å². The summed E-state index contributed by atoms with van der Waals surface area (Å²) in [4.78, 5) is 11.7. The summed E-state index contributed by atoms with van der Waals surface area (Å²) in [6.45, 7) is 1.50. The average molecular weight is 346 g/mol. The van der Waals surface area contributed by atoms with Crippen molar-refractivity contribution in [1.82, 2.24) is 5.32 Å². The van der Waals surface area contributed by atoms with Crippen LogP contribution in [-0.4, -0.2) is 37.0 Å². The minimum absolute atomic E-state index is 0.0623. The number of halogens is 3. The van der Waals surface area contributed by atoms with Crippen molar-refractivity contribution in [2.24, 2.45) is 5.92 Å². The molecule has 3 N–H and O–H groups in total. The highest BCUT2D eigenvalue weighted by Crippen LogP contribution is 2.30. The summed E-state index contributed by atoms with van der Waals surface area (Å²) < 4.78 is 43.0. The smallest absolute Gasteiger partial charge is 0.393 e. The van der Waals surface area contributed by atoms with Crippen LogP contribution in [0.15, 0.2) is 24.3 Å². The summed E-state index contributed by atoms with van der Waals surface area (Å²) >= 11 is 0. The molecule has 0 radical (unpaired) electrons. The number of amides is 2. The molecule has 1 aliphatic rings. The second kappa shape index (κ2) is 8.34. The molecule has 2 amide bonds. The van der Waals surface area contributed by atoms with Gasteiger partial charge in [0.25, 0.3) is 0 Å². The van der Waals surface area contributed by atoms with Gasteiger partial charge in [0.15, 0.2) is 0 Å². The SMILES string of the molecule is O=C(NCCC(O)C1CCOCC1)Nc1cccc(C(F)(F)F)c1. The van der Waals surface area contributed by atoms with E-state index in [1.165, 1.54) is 12.1 Å². The number of benzene rings is 1. The van der Waals surface area contributed by atoms with Gasteiger partial charge in [-0.2, -0.15) is 13.2 Å². The monoisotopic (exact) mass is 346 g/mol. The number of anilines is 1. The van der Waals surface area contributed by atoms with E-state index in [0.717, 1.165) is 25.0 Å². The summed E-state index contributed by atoms with van der Waals surface area (Å²) in [7, 11) is 0. The Bertz CT molecular complexity index is 546. The maximum atomic E-state index is 12.6. The highest BCUT2D eigenvalue weighted by molar-refractivity contribution is 5.89. The molecule has 24 heavy (non-hydrogen) atoms. The fraction of sp³-hybridized carbons (Fsp3) is 0.562. The minimum atomic E-state index is -4.46. The number of urea groups is 1. The molecule has 1 aliphatic heterocycles. The van der Waals surface area contributed by atoms with Crippen LogP contribution in [0, 0.1) is 5.92 Å². The van der Waals surface area contributed by atoms with Crippen molar-refractivity contribution in [1.29, 1.82) is 0 Å². The quantitative estimate of drug-likeness (QED) is 0.768. The van der Waals surface area contributed by atoms with Crippen LogP contribution in [0.2, 0.25) is 0 Å². The van der Waals surface area contributed by atoms with E-state index < -0.39 is 23.9 Å². The van der Waals surface area contributed by atoms with Gasteiger partial charge in [-0.05, 0) is 43.4 Å². The molecule has 134 valence electrons. The predicted octanol–water partition coefficient (Wildman–Crippen LogP) is 3.00. The third-order valence-electron chi connectivity index (χ3n) is 3.98. The Morgan fingerprint density at radius 1 is 1.33 bits per heavy atom. The number of alkyl halides is 3. The number of carbonyl (C=O) groups is 1. The lowest BCUT2D eigenvalue weighted by Gasteiger charge is -2.26. The molecule has 1 aromatic rings. The largest absolute Gasteiger partial charge is 0.416 e. The van der Waals surface area contributed by atoms with Crippen LogP contribution in [0.25, 0.3) is 0 Å². The third-order valence-corrected chi connectivity index (χ3v) is 3.98. The van der Waals surface area contributed by atoms with Crippen molar-refractivity contribution in [2.45, 2.75) is 31.5 Å². The number of carbonyl (C=O) groups excluding carboxylic acids is 1. The van der Waals surface area contributed by atoms with Crippen LogP contribution in [0.4, 0.5) is 23.7 Å². The third kappa shape index (κ3) is 5.68. The summed E-state index contributed by atoms with van der Waals surface area (Å²) in [6, 6.07) is 3.82. The molecule has 2 rings (SSSR count). The molecule has 0 saturated carbocycles. The molecular formula is C16H21F3N2O3. The first-order chi connectivity index (χ1) is 11.4. The standard InChI is InChI=1S/C16H21F3N2O3/c17-16(18,19)12-2-1-3-13(10-12)21-15(23)20-7-4-14(22)11-5-8-24-9-6-11/h1-3,10-11,14,22H,4-9H2,(H2,20,21,23). The van der Waals surface area contributed by atoms with E-state index in [1.807, 2.05) is 0 Å². The first-order valence-corrected chi connectivity index (χ1v) is 7.84. The van der Waals surface area contributed by atoms with Crippen molar-refractivity contribution in [2.75, 3.05) is 25.1 Å². The molecule has 1 atom stereocenters. The van der Waals surface area contributed by atoms with Gasteiger partial charge in [0, 0.05) is 25.4 Å². The van der Waals surface area contributed by atoms with Crippen LogP contribution in [0.3, 0.4) is 0 Å². The number of ether oxygens (including phenoxy) is 1. The lowest BCUT2D eigenvalue weighted by Crippen LogP contribution is -2.34. The topological polar surface area (TPSA) is 70.6 Å². The molecule has 8 heteroatoms. The summed E-state index contributed by atoms with van der Waals surface area (Å²) in [5.74, 6) is 0.159. The second-order valence-electron chi connectivity index (χ2n) is 5.77. The van der Waals surface area contributed by atoms with Gasteiger partial charge in [-0.25, -0.2) is 4.79 Å². The Kier molecular flexibility index (Phi) is 6.44. The summed E-state index contributed by atoms with van der Waals surface area (Å²) in [5, 5.41) is 14.9. The van der Waals surface area contributed by atoms with E-state index in [0.29, 0.717) is 19.6 Å². The van der Waals surface area contributed by atoms with Crippen molar-refractivity contribution in [3.8, 4) is 0 Å². The Balaban J connectivity index is 1.75. The molecule has 1 fully saturated rings. The van der Waals surface area contributed by atoms with Gasteiger partial charge in [-0.3, -0.25) is 0 Å². The van der Waals surface area contributed by atoms with Gasteiger partial charge in [0.1, 0.15) is 0 Å². The second-order valence-corrected chi connectivity index (χ2v) is 5.77. The predicted molar refractivity (Wildman–Crippen MR) is 82.6 cm³/mol. The van der Waals surface area contributed by atoms with Crippen LogP contribution < -0.4 is 10.6 Å². The molecule has 1 unspecified atom stereocenters. The van der Waals surface area contributed by atoms with E-state index in [2.05, 4.69) is 10.6 Å². The normalized spacial score (nSPS) is 17.3. The van der Waals surface area contributed by atoms with E-state index in [9.17, 15) is 23.1 Å². The van der Waals surface area contributed by atoms with Crippen molar-refractivity contribution in [3.63, 3.8) is 0 Å². The lowest BCUT2D eigenvalue weighted by atomic mass is 9.92. The molecule has 0 aromatic heterocycles. The van der Waals surface area contributed by atoms with Gasteiger partial charge in [0.05, 0.1) is 11.7 Å². The summed E-state index contributed by atoms with van der Waals surface area (Å²) in [5.41, 5.74) is -0.762. The van der Waals surface area contributed by atoms with Gasteiger partial charge in [-0.1, -0.05) is 6.07 Å². The van der Waals surface area contributed by atoms with Crippen LogP contribution in [-0.2, 0) is 10.9 Å². The zero-order valence-electron chi connectivity index (χ0n) is 13.1. The van der Waals surface area contributed by atoms with Crippen molar-refractivity contribution >= 4 is 11.7 Å². The fourth-order valence-corrected chi connectivity index (χ4v) is 2.62. The van der Waals surface area contributed by atoms with E-state index in [4.69, 9.17) is 4.74 Å². The molecule has 5 nitrogen and oxygen atoms in total. The number of hydrogen-bond donors (Lipinski definition) is 3. The maximum Gasteiger partial charge on any atom is 0.416 e. The highest BCUT2D eigenvalue weighted by atomic mass is 19.4. The van der Waals surface area contributed by atoms with Crippen molar-refractivity contribution in [3.05, 3.63) is 29.8 Å². The Hall–Kier alpha value is -1.80. The Morgan fingerprint density at radius 3 is 2.71 bits per heavy atom. The van der Waals surface area contributed by atoms with Crippen LogP contribution >= 0.6 is 0 Å². The number of nitrogens with one attached hydrogen (secondary N) is 2. The summed E-state index contributed by atoms with van der Waals surface area (Å²) in [6.07, 6.45) is -3.01. The number of aliphatic hydroxyl groups is 1. The Morgan fingerprint density at radius 2 is 2.04 bits per heavy atom. The highest BCUT2D eigenvalue weighted by Gasteiger charge is 2.30. The number of rotatable bonds is 5. The lowest BCUT2D eigenvalue weighted by molar-refractivity contribution is -0.137. The maximum absolute atomic E-state index is 12.6. The molecular weight excluding hydrogens is 325 g/mol. The van der Waals surface area contributed by atoms with Gasteiger partial charge in [-0.15, -0.1) is 0 Å². The zero-order chi connectivity index (χ0) is 17.6. The van der Waals surface area contributed by atoms with E-state index in [1.54, 1.807) is 0 Å². The minimum Gasteiger partial charge on any atom is -0.393 e. The van der Waals surface area contributed by atoms with Crippen LogP contribution in [0.1, 0.15) is 24.8 Å². The molecule has 1 saturated heterocycles. The average Bonchev–Trinajstić information content (AvgIpc) is 2.55. The van der Waals surface area contributed by atoms with Crippen LogP contribution in [0.5, 0.6) is 0 Å². The molecule has 0 bridgehead atoms. The molecule has 0 aliphatic carbocycles. The molecule has 0 spiro atoms. The van der Waals surface area contributed by atoms with Gasteiger partial charge >= 0.3 is 12.2 Å². The fourth-order valence-electron chi connectivity index (χ4n) is 2.62. The molecule has 1 aromatic carbocycles. The van der Waals surface area contributed by atoms with Crippen molar-refractivity contribution < 1.29 is 27.8 Å². The molecule has 1 heterocycles. The van der Waals surface area contributed by atoms with Gasteiger partial charge < -0.3 is 20.5 Å². The Labute approximate surface area is 138 Å². The first kappa shape index (κ1) is 18.5. The van der Waals surface area contributed by atoms with Gasteiger partial charge in [0.2, 0.25) is 0 Å². The number of aliphatic hydroxyl groups excluding tert-OH is 1.